The highest BCUT2D eigenvalue weighted by Gasteiger charge is 2.07. The third-order valence-corrected chi connectivity index (χ3v) is 4.99. The highest BCUT2D eigenvalue weighted by molar-refractivity contribution is 5.77. The Labute approximate surface area is 178 Å². The quantitative estimate of drug-likeness (QED) is 0.464. The molecule has 0 aliphatic heterocycles. The molecule has 0 spiro atoms. The minimum Gasteiger partial charge on any atom is -0.496 e. The lowest BCUT2D eigenvalue weighted by Crippen LogP contribution is -1.95. The topological polar surface area (TPSA) is 67.5 Å². The van der Waals surface area contributed by atoms with Crippen LogP contribution in [0.1, 0.15) is 33.4 Å². The van der Waals surface area contributed by atoms with Crippen LogP contribution in [0.4, 0.5) is 5.69 Å². The van der Waals surface area contributed by atoms with Crippen molar-refractivity contribution in [1.82, 2.24) is 0 Å². The van der Waals surface area contributed by atoms with Gasteiger partial charge in [-0.25, -0.2) is 0 Å². The van der Waals surface area contributed by atoms with Gasteiger partial charge in [0.25, 0.3) is 0 Å². The molecular weight excluding hydrogens is 372 g/mol. The molecule has 0 aliphatic rings. The van der Waals surface area contributed by atoms with Gasteiger partial charge in [-0.2, -0.15) is 0 Å². The molecule has 30 heavy (non-hydrogen) atoms. The minimum atomic E-state index is -0.0481. The van der Waals surface area contributed by atoms with Crippen molar-refractivity contribution < 1.29 is 9.84 Å². The summed E-state index contributed by atoms with van der Waals surface area (Å²) in [6.45, 7) is 0.484. The molecule has 154 valence electrons. The lowest BCUT2D eigenvalue weighted by Gasteiger charge is -2.11. The first-order valence-corrected chi connectivity index (χ1v) is 9.91. The van der Waals surface area contributed by atoms with Gasteiger partial charge in [0.2, 0.25) is 0 Å². The number of hydrogen-bond donors (Lipinski definition) is 3. The summed E-state index contributed by atoms with van der Waals surface area (Å²) >= 11 is 0. The first-order chi connectivity index (χ1) is 14.7. The zero-order chi connectivity index (χ0) is 21.3. The second-order valence-electron chi connectivity index (χ2n) is 6.94. The molecule has 0 atom stereocenters. The van der Waals surface area contributed by atoms with Crippen LogP contribution in [-0.4, -0.2) is 19.3 Å². The fourth-order valence-electron chi connectivity index (χ4n) is 3.16. The molecule has 3 rings (SSSR count). The number of nitrogens with two attached hydrogens (primary N) is 1. The number of nitrogens with one attached hydrogen (secondary N) is 1. The molecule has 0 unspecified atom stereocenters. The van der Waals surface area contributed by atoms with Gasteiger partial charge in [0.1, 0.15) is 5.75 Å². The molecule has 4 heteroatoms. The van der Waals surface area contributed by atoms with Crippen LogP contribution in [0.15, 0.2) is 60.7 Å². The number of methoxy groups -OCH3 is 1. The number of hydrogen-bond acceptors (Lipinski definition) is 4. The normalized spacial score (nSPS) is 11.3. The van der Waals surface area contributed by atoms with Crippen LogP contribution >= 0.6 is 0 Å². The summed E-state index contributed by atoms with van der Waals surface area (Å²) in [5, 5.41) is 13.0. The van der Waals surface area contributed by atoms with E-state index in [9.17, 15) is 5.11 Å². The van der Waals surface area contributed by atoms with Gasteiger partial charge in [0, 0.05) is 24.8 Å². The van der Waals surface area contributed by atoms with Gasteiger partial charge in [-0.15, -0.1) is 0 Å². The van der Waals surface area contributed by atoms with E-state index in [1.807, 2.05) is 79.9 Å². The van der Waals surface area contributed by atoms with Gasteiger partial charge in [-0.05, 0) is 52.1 Å². The van der Waals surface area contributed by atoms with Gasteiger partial charge >= 0.3 is 0 Å². The van der Waals surface area contributed by atoms with E-state index >= 15 is 0 Å². The molecule has 4 nitrogen and oxygen atoms in total. The largest absolute Gasteiger partial charge is 0.496 e. The molecule has 0 saturated heterocycles. The molecule has 0 heterocycles. The molecule has 0 fully saturated rings. The van der Waals surface area contributed by atoms with Gasteiger partial charge in [-0.1, -0.05) is 60.7 Å². The second kappa shape index (κ2) is 10.4. The maximum atomic E-state index is 9.90. The van der Waals surface area contributed by atoms with Gasteiger partial charge in [0.05, 0.1) is 13.7 Å². The average Bonchev–Trinajstić information content (AvgIpc) is 2.81. The summed E-state index contributed by atoms with van der Waals surface area (Å²) in [6.07, 6.45) is 8.06. The SMILES string of the molecule is CNc1ccc(/C=C/c2cc(CO)c(/C=C/c3ccc(CN)cc3)cc2OC)cc1. The van der Waals surface area contributed by atoms with E-state index in [0.29, 0.717) is 6.54 Å². The fraction of sp³-hybridized carbons (Fsp3) is 0.154. The van der Waals surface area contributed by atoms with E-state index in [2.05, 4.69) is 17.4 Å². The van der Waals surface area contributed by atoms with E-state index in [1.54, 1.807) is 7.11 Å². The monoisotopic (exact) mass is 400 g/mol. The molecule has 0 amide bonds. The van der Waals surface area contributed by atoms with Gasteiger partial charge < -0.3 is 20.9 Å². The van der Waals surface area contributed by atoms with Crippen molar-refractivity contribution in [2.24, 2.45) is 5.73 Å². The second-order valence-corrected chi connectivity index (χ2v) is 6.94. The smallest absolute Gasteiger partial charge is 0.126 e. The number of ether oxygens (including phenoxy) is 1. The summed E-state index contributed by atoms with van der Waals surface area (Å²) in [4.78, 5) is 0. The van der Waals surface area contributed by atoms with Crippen molar-refractivity contribution in [1.29, 1.82) is 0 Å². The van der Waals surface area contributed by atoms with Gasteiger partial charge in [0.15, 0.2) is 0 Å². The molecular formula is C26H28N2O2. The summed E-state index contributed by atoms with van der Waals surface area (Å²) in [6, 6.07) is 20.2. The van der Waals surface area contributed by atoms with E-state index in [0.717, 1.165) is 44.8 Å². The molecule has 3 aromatic rings. The fourth-order valence-corrected chi connectivity index (χ4v) is 3.16. The number of rotatable bonds is 8. The van der Waals surface area contributed by atoms with E-state index in [4.69, 9.17) is 10.5 Å². The predicted octanol–water partition coefficient (Wildman–Crippen LogP) is 5.03. The van der Waals surface area contributed by atoms with E-state index < -0.39 is 0 Å². The summed E-state index contributed by atoms with van der Waals surface area (Å²) in [5.41, 5.74) is 12.7. The van der Waals surface area contributed by atoms with Crippen LogP contribution in [0, 0.1) is 0 Å². The lowest BCUT2D eigenvalue weighted by molar-refractivity contribution is 0.281. The number of benzene rings is 3. The highest BCUT2D eigenvalue weighted by atomic mass is 16.5. The number of aliphatic hydroxyl groups is 1. The third-order valence-electron chi connectivity index (χ3n) is 4.99. The van der Waals surface area contributed by atoms with Crippen LogP contribution in [-0.2, 0) is 13.2 Å². The molecule has 0 aromatic heterocycles. The zero-order valence-electron chi connectivity index (χ0n) is 17.4. The number of anilines is 1. The molecule has 3 aromatic carbocycles. The molecule has 4 N–H and O–H groups in total. The Morgan fingerprint density at radius 2 is 1.47 bits per heavy atom. The van der Waals surface area contributed by atoms with Crippen molar-refractivity contribution in [2.45, 2.75) is 13.2 Å². The molecule has 0 aliphatic carbocycles. The van der Waals surface area contributed by atoms with Crippen LogP contribution in [0.25, 0.3) is 24.3 Å². The van der Waals surface area contributed by atoms with Crippen LogP contribution in [0.3, 0.4) is 0 Å². The Morgan fingerprint density at radius 1 is 0.867 bits per heavy atom. The van der Waals surface area contributed by atoms with Crippen molar-refractivity contribution in [3.63, 3.8) is 0 Å². The van der Waals surface area contributed by atoms with Crippen molar-refractivity contribution in [3.05, 3.63) is 94.0 Å². The Morgan fingerprint density at radius 3 is 2.00 bits per heavy atom. The lowest BCUT2D eigenvalue weighted by atomic mass is 10.0. The minimum absolute atomic E-state index is 0.0481. The standard InChI is InChI=1S/C26H28N2O2/c1-28-25-13-9-20(10-14-25)8-12-23-15-24(18-29)22(16-26(23)30-2)11-7-19-3-5-21(17-27)6-4-19/h3-16,28-29H,17-18,27H2,1-2H3/b11-7+,12-8+. The van der Waals surface area contributed by atoms with Crippen LogP contribution in [0.5, 0.6) is 5.75 Å². The van der Waals surface area contributed by atoms with Gasteiger partial charge in [-0.3, -0.25) is 0 Å². The Bertz CT molecular complexity index is 935. The Hall–Kier alpha value is -3.34. The molecule has 0 bridgehead atoms. The van der Waals surface area contributed by atoms with Crippen molar-refractivity contribution >= 4 is 30.0 Å². The first-order valence-electron chi connectivity index (χ1n) is 9.91. The molecule has 0 saturated carbocycles. The first kappa shape index (κ1) is 21.4. The van der Waals surface area contributed by atoms with E-state index in [-0.39, 0.29) is 6.61 Å². The highest BCUT2D eigenvalue weighted by Crippen LogP contribution is 2.27. The maximum absolute atomic E-state index is 9.90. The number of aliphatic hydroxyl groups excluding tert-OH is 1. The Balaban J connectivity index is 1.86. The average molecular weight is 401 g/mol. The Kier molecular flexibility index (Phi) is 7.44. The van der Waals surface area contributed by atoms with Crippen molar-refractivity contribution in [3.8, 4) is 5.75 Å². The van der Waals surface area contributed by atoms with Crippen LogP contribution in [0.2, 0.25) is 0 Å². The summed E-state index contributed by atoms with van der Waals surface area (Å²) in [7, 11) is 3.56. The van der Waals surface area contributed by atoms with Crippen LogP contribution < -0.4 is 15.8 Å². The van der Waals surface area contributed by atoms with Crippen molar-refractivity contribution in [2.75, 3.05) is 19.5 Å². The summed E-state index contributed by atoms with van der Waals surface area (Å²) in [5.74, 6) is 0.758. The van der Waals surface area contributed by atoms with E-state index in [1.165, 1.54) is 0 Å². The predicted molar refractivity (Wildman–Crippen MR) is 127 cm³/mol. The summed E-state index contributed by atoms with van der Waals surface area (Å²) < 4.78 is 5.60. The maximum Gasteiger partial charge on any atom is 0.126 e. The molecule has 0 radical (unpaired) electrons. The third kappa shape index (κ3) is 5.38. The zero-order valence-corrected chi connectivity index (χ0v) is 17.4.